The van der Waals surface area contributed by atoms with Crippen molar-refractivity contribution in [3.63, 3.8) is 0 Å². The number of aldehydes is 1. The Hall–Kier alpha value is -3.82. The third kappa shape index (κ3) is 14.8. The largest absolute Gasteiger partial charge is 0.460 e. The minimum atomic E-state index is -1.10. The van der Waals surface area contributed by atoms with Gasteiger partial charge in [0.2, 0.25) is 11.8 Å². The second-order valence-electron chi connectivity index (χ2n) is 12.2. The van der Waals surface area contributed by atoms with E-state index in [4.69, 9.17) is 9.47 Å². The molecule has 0 aliphatic carbocycles. The molecule has 0 spiro atoms. The molecule has 0 bridgehead atoms. The Bertz CT molecular complexity index is 1140. The summed E-state index contributed by atoms with van der Waals surface area (Å²) in [5, 5.41) is 5.33. The lowest BCUT2D eigenvalue weighted by molar-refractivity contribution is -0.155. The molecule has 10 nitrogen and oxygen atoms in total. The van der Waals surface area contributed by atoms with Gasteiger partial charge in [0.25, 0.3) is 0 Å². The molecule has 0 fully saturated rings. The Morgan fingerprint density at radius 2 is 1.53 bits per heavy atom. The summed E-state index contributed by atoms with van der Waals surface area (Å²) in [4.78, 5) is 76.2. The van der Waals surface area contributed by atoms with Crippen LogP contribution >= 0.6 is 0 Å². The Morgan fingerprint density at radius 3 is 2.07 bits per heavy atom. The van der Waals surface area contributed by atoms with Gasteiger partial charge in [-0.25, -0.2) is 0 Å². The fraction of sp³-hybridized carbons (Fsp3) is 0.576. The van der Waals surface area contributed by atoms with Gasteiger partial charge in [-0.3, -0.25) is 24.0 Å². The van der Waals surface area contributed by atoms with E-state index in [9.17, 15) is 28.8 Å². The normalized spacial score (nSPS) is 14.6. The first-order chi connectivity index (χ1) is 20.1. The van der Waals surface area contributed by atoms with Crippen molar-refractivity contribution in [1.82, 2.24) is 10.6 Å². The summed E-state index contributed by atoms with van der Waals surface area (Å²) in [6, 6.07) is 6.58. The van der Waals surface area contributed by atoms with Crippen molar-refractivity contribution in [2.75, 3.05) is 0 Å². The van der Waals surface area contributed by atoms with E-state index in [1.165, 1.54) is 0 Å². The monoisotopic (exact) mass is 600 g/mol. The molecule has 2 amide bonds. The predicted octanol–water partition coefficient (Wildman–Crippen LogP) is 4.50. The van der Waals surface area contributed by atoms with E-state index in [2.05, 4.69) is 10.6 Å². The highest BCUT2D eigenvalue weighted by Gasteiger charge is 2.33. The average Bonchev–Trinajstić information content (AvgIpc) is 2.92. The van der Waals surface area contributed by atoms with Crippen molar-refractivity contribution in [1.29, 1.82) is 0 Å². The summed E-state index contributed by atoms with van der Waals surface area (Å²) < 4.78 is 10.8. The van der Waals surface area contributed by atoms with Gasteiger partial charge in [-0.2, -0.15) is 0 Å². The number of hydrogen-bond acceptors (Lipinski definition) is 8. The minimum absolute atomic E-state index is 0.0513. The van der Waals surface area contributed by atoms with Gasteiger partial charge in [-0.05, 0) is 59.1 Å². The summed E-state index contributed by atoms with van der Waals surface area (Å²) in [5.41, 5.74) is 0.114. The average molecular weight is 601 g/mol. The second kappa shape index (κ2) is 18.0. The molecule has 1 aromatic carbocycles. The predicted molar refractivity (Wildman–Crippen MR) is 163 cm³/mol. The molecule has 0 saturated carbocycles. The number of nitrogens with one attached hydrogen (secondary N) is 2. The maximum absolute atomic E-state index is 13.5. The van der Waals surface area contributed by atoms with Gasteiger partial charge in [-0.15, -0.1) is 0 Å². The fourth-order valence-electron chi connectivity index (χ4n) is 4.24. The molecule has 10 heteroatoms. The molecule has 0 aliphatic rings. The van der Waals surface area contributed by atoms with Crippen molar-refractivity contribution in [2.24, 2.45) is 17.8 Å². The Labute approximate surface area is 255 Å². The number of carbonyl (C=O) groups is 6. The molecule has 0 unspecified atom stereocenters. The number of carbonyl (C=O) groups excluding carboxylic acids is 6. The molecule has 2 N–H and O–H groups in total. The zero-order chi connectivity index (χ0) is 32.7. The number of ketones is 1. The summed E-state index contributed by atoms with van der Waals surface area (Å²) >= 11 is 0. The van der Waals surface area contributed by atoms with Crippen molar-refractivity contribution >= 4 is 35.8 Å². The third-order valence-electron chi connectivity index (χ3n) is 6.71. The van der Waals surface area contributed by atoms with E-state index in [1.807, 2.05) is 13.8 Å². The number of para-hydroxylation sites is 1. The Morgan fingerprint density at radius 1 is 0.907 bits per heavy atom. The highest BCUT2D eigenvalue weighted by atomic mass is 16.6. The first-order valence-electron chi connectivity index (χ1n) is 14.8. The molecule has 1 rings (SSSR count). The van der Waals surface area contributed by atoms with Crippen LogP contribution in [0.4, 0.5) is 0 Å². The topological polar surface area (TPSA) is 145 Å². The van der Waals surface area contributed by atoms with E-state index in [-0.39, 0.29) is 31.6 Å². The lowest BCUT2D eigenvalue weighted by Gasteiger charge is -2.26. The molecule has 0 aromatic heterocycles. The van der Waals surface area contributed by atoms with E-state index < -0.39 is 59.1 Å². The lowest BCUT2D eigenvalue weighted by atomic mass is 9.87. The highest BCUT2D eigenvalue weighted by molar-refractivity contribution is 5.94. The van der Waals surface area contributed by atoms with Gasteiger partial charge in [-0.1, -0.05) is 57.0 Å². The number of benzene rings is 1. The van der Waals surface area contributed by atoms with Gasteiger partial charge >= 0.3 is 11.9 Å². The second-order valence-corrected chi connectivity index (χ2v) is 12.2. The van der Waals surface area contributed by atoms with E-state index in [0.29, 0.717) is 18.5 Å². The van der Waals surface area contributed by atoms with Gasteiger partial charge in [0, 0.05) is 18.8 Å². The van der Waals surface area contributed by atoms with Crippen LogP contribution < -0.4 is 15.4 Å². The van der Waals surface area contributed by atoms with Crippen LogP contribution in [0.25, 0.3) is 0 Å². The van der Waals surface area contributed by atoms with E-state index >= 15 is 0 Å². The zero-order valence-electron chi connectivity index (χ0n) is 26.7. The van der Waals surface area contributed by atoms with Crippen LogP contribution in [0.2, 0.25) is 0 Å². The maximum Gasteiger partial charge on any atom is 0.311 e. The van der Waals surface area contributed by atoms with Crippen LogP contribution in [-0.2, 0) is 33.5 Å². The third-order valence-corrected chi connectivity index (χ3v) is 6.71. The smallest absolute Gasteiger partial charge is 0.311 e. The highest BCUT2D eigenvalue weighted by Crippen LogP contribution is 2.22. The summed E-state index contributed by atoms with van der Waals surface area (Å²) in [6.07, 6.45) is 2.14. The molecular formula is C33H48N2O8. The first kappa shape index (κ1) is 37.2. The van der Waals surface area contributed by atoms with Crippen LogP contribution in [0, 0.1) is 17.8 Å². The Kier molecular flexibility index (Phi) is 15.6. The molecule has 5 atom stereocenters. The molecule has 0 aliphatic heterocycles. The standard InChI is InChI=1S/C33H48N2O8/c1-9-22(4)26(19-30(39)42-25-13-11-10-12-14-25)32(41)35-27(15-16-29(38)43-33(6,7)8)28(37)18-23(5)31(40)34-24(20-36)17-21(2)3/h10-14,17,20,22-24,26-27H,9,15-16,18-19H2,1-8H3,(H,34,40)(H,35,41)/t22-,23+,24-,26-,27-/m0/s1. The van der Waals surface area contributed by atoms with Crippen LogP contribution in [0.15, 0.2) is 42.0 Å². The summed E-state index contributed by atoms with van der Waals surface area (Å²) in [7, 11) is 0. The number of esters is 2. The van der Waals surface area contributed by atoms with Crippen molar-refractivity contribution in [3.05, 3.63) is 42.0 Å². The van der Waals surface area contributed by atoms with E-state index in [0.717, 1.165) is 5.57 Å². The number of allylic oxidation sites excluding steroid dienone is 1. The van der Waals surface area contributed by atoms with Crippen LogP contribution in [0.3, 0.4) is 0 Å². The van der Waals surface area contributed by atoms with Gasteiger partial charge < -0.3 is 24.9 Å². The van der Waals surface area contributed by atoms with Gasteiger partial charge in [0.05, 0.1) is 18.4 Å². The molecule has 0 heterocycles. The number of ether oxygens (including phenoxy) is 2. The van der Waals surface area contributed by atoms with Crippen LogP contribution in [0.5, 0.6) is 5.75 Å². The first-order valence-corrected chi connectivity index (χ1v) is 14.8. The van der Waals surface area contributed by atoms with Crippen LogP contribution in [0.1, 0.15) is 87.5 Å². The number of hydrogen-bond donors (Lipinski definition) is 2. The molecule has 0 saturated heterocycles. The molecule has 238 valence electrons. The van der Waals surface area contributed by atoms with Gasteiger partial charge in [0.15, 0.2) is 5.78 Å². The fourth-order valence-corrected chi connectivity index (χ4v) is 4.24. The zero-order valence-corrected chi connectivity index (χ0v) is 26.7. The number of Topliss-reactive ketones (excluding diaryl/α,β-unsaturated/α-hetero) is 1. The molecular weight excluding hydrogens is 552 g/mol. The van der Waals surface area contributed by atoms with E-state index in [1.54, 1.807) is 78.0 Å². The molecule has 43 heavy (non-hydrogen) atoms. The number of amides is 2. The number of rotatable bonds is 17. The summed E-state index contributed by atoms with van der Waals surface area (Å²) in [6.45, 7) is 14.0. The molecule has 0 radical (unpaired) electrons. The van der Waals surface area contributed by atoms with Crippen LogP contribution in [-0.4, -0.2) is 53.5 Å². The maximum atomic E-state index is 13.5. The minimum Gasteiger partial charge on any atom is -0.460 e. The van der Waals surface area contributed by atoms with Crippen molar-refractivity contribution in [3.8, 4) is 5.75 Å². The summed E-state index contributed by atoms with van der Waals surface area (Å²) in [5.74, 6) is -4.08. The quantitative estimate of drug-likeness (QED) is 0.115. The Balaban J connectivity index is 3.09. The molecule has 1 aromatic rings. The lowest BCUT2D eigenvalue weighted by Crippen LogP contribution is -2.47. The SMILES string of the molecule is CC[C@H](C)[C@H](CC(=O)Oc1ccccc1)C(=O)N[C@@H](CCC(=O)OC(C)(C)C)C(=O)C[C@@H](C)C(=O)N[C@H](C=O)C=C(C)C. The van der Waals surface area contributed by atoms with Crippen molar-refractivity contribution < 1.29 is 38.2 Å². The van der Waals surface area contributed by atoms with Crippen molar-refractivity contribution in [2.45, 2.75) is 105 Å². The van der Waals surface area contributed by atoms with Gasteiger partial charge in [0.1, 0.15) is 23.7 Å².